The number of aliphatic hydroxyl groups is 2. The molecule has 4 aromatic rings. The van der Waals surface area contributed by atoms with Gasteiger partial charge in [-0.05, 0) is 34.9 Å². The number of nitrogens with one attached hydrogen (secondary N) is 2. The minimum absolute atomic E-state index is 0.161. The highest BCUT2D eigenvalue weighted by Gasteiger charge is 2.35. The molecule has 0 aliphatic rings. The van der Waals surface area contributed by atoms with Crippen LogP contribution in [0.5, 0.6) is 5.75 Å². The molecule has 0 saturated carbocycles. The average Bonchev–Trinajstić information content (AvgIpc) is 2.93. The van der Waals surface area contributed by atoms with E-state index >= 15 is 0 Å². The molecule has 38 heavy (non-hydrogen) atoms. The van der Waals surface area contributed by atoms with Gasteiger partial charge in [-0.1, -0.05) is 102 Å². The van der Waals surface area contributed by atoms with Gasteiger partial charge in [0.05, 0.1) is 18.2 Å². The third-order valence-corrected chi connectivity index (χ3v) is 7.13. The summed E-state index contributed by atoms with van der Waals surface area (Å²) in [6, 6.07) is 30.3. The van der Waals surface area contributed by atoms with Crippen molar-refractivity contribution in [2.45, 2.75) is 24.8 Å². The van der Waals surface area contributed by atoms with Gasteiger partial charge < -0.3 is 25.6 Å². The Hall–Kier alpha value is -2.90. The number of rotatable bonds is 12. The van der Waals surface area contributed by atoms with Crippen LogP contribution in [0.15, 0.2) is 97.1 Å². The van der Waals surface area contributed by atoms with Crippen LogP contribution in [0.2, 0.25) is 10.0 Å². The van der Waals surface area contributed by atoms with Crippen LogP contribution in [-0.4, -0.2) is 30.4 Å². The molecule has 0 aliphatic carbocycles. The molecule has 0 spiro atoms. The van der Waals surface area contributed by atoms with E-state index in [1.807, 2.05) is 60.7 Å². The third-order valence-electron chi connectivity index (χ3n) is 6.51. The van der Waals surface area contributed by atoms with Crippen molar-refractivity contribution in [1.29, 1.82) is 0 Å². The number of hydrogen-bond donors (Lipinski definition) is 4. The van der Waals surface area contributed by atoms with Crippen LogP contribution in [0.4, 0.5) is 0 Å². The maximum Gasteiger partial charge on any atom is 0.130 e. The zero-order valence-corrected chi connectivity index (χ0v) is 22.7. The first-order valence-electron chi connectivity index (χ1n) is 12.4. The van der Waals surface area contributed by atoms with Gasteiger partial charge in [-0.2, -0.15) is 0 Å². The molecule has 4 rings (SSSR count). The topological polar surface area (TPSA) is 73.8 Å². The normalized spacial score (nSPS) is 13.6. The molecule has 0 radical (unpaired) electrons. The van der Waals surface area contributed by atoms with E-state index < -0.39 is 11.7 Å². The Morgan fingerprint density at radius 2 is 1.32 bits per heavy atom. The Bertz CT molecular complexity index is 1320. The number of benzene rings is 4. The summed E-state index contributed by atoms with van der Waals surface area (Å²) in [6.45, 7) is 1.72. The molecule has 0 fully saturated rings. The lowest BCUT2D eigenvalue weighted by Gasteiger charge is -2.32. The first kappa shape index (κ1) is 28.1. The SMILES string of the molecule is COc1ccc(C(O)(CNCc2ccccc2)c2ccc(C(O)CNCc3ccccc3)cc2Cl)c(Cl)c1. The van der Waals surface area contributed by atoms with Crippen molar-refractivity contribution in [2.24, 2.45) is 0 Å². The van der Waals surface area contributed by atoms with Crippen LogP contribution in [0, 0.1) is 0 Å². The average molecular weight is 552 g/mol. The van der Waals surface area contributed by atoms with E-state index in [2.05, 4.69) is 10.6 Å². The Morgan fingerprint density at radius 1 is 0.763 bits per heavy atom. The van der Waals surface area contributed by atoms with Gasteiger partial charge in [-0.15, -0.1) is 0 Å². The summed E-state index contributed by atoms with van der Waals surface area (Å²) in [5.74, 6) is 0.589. The molecule has 0 aromatic heterocycles. The van der Waals surface area contributed by atoms with Gasteiger partial charge in [0, 0.05) is 42.3 Å². The summed E-state index contributed by atoms with van der Waals surface area (Å²) >= 11 is 13.4. The molecule has 0 bridgehead atoms. The van der Waals surface area contributed by atoms with Crippen LogP contribution in [-0.2, 0) is 18.7 Å². The van der Waals surface area contributed by atoms with Crippen molar-refractivity contribution in [2.75, 3.05) is 20.2 Å². The summed E-state index contributed by atoms with van der Waals surface area (Å²) in [6.07, 6.45) is -0.765. The number of methoxy groups -OCH3 is 1. The van der Waals surface area contributed by atoms with Gasteiger partial charge in [0.1, 0.15) is 11.4 Å². The Balaban J connectivity index is 1.56. The van der Waals surface area contributed by atoms with E-state index in [0.29, 0.717) is 52.1 Å². The van der Waals surface area contributed by atoms with E-state index in [9.17, 15) is 10.2 Å². The zero-order valence-electron chi connectivity index (χ0n) is 21.2. The van der Waals surface area contributed by atoms with Crippen molar-refractivity contribution in [1.82, 2.24) is 10.6 Å². The minimum atomic E-state index is -1.54. The van der Waals surface area contributed by atoms with Crippen LogP contribution in [0.3, 0.4) is 0 Å². The smallest absolute Gasteiger partial charge is 0.130 e. The van der Waals surface area contributed by atoms with Gasteiger partial charge in [0.15, 0.2) is 0 Å². The van der Waals surface area contributed by atoms with Gasteiger partial charge >= 0.3 is 0 Å². The van der Waals surface area contributed by atoms with Crippen molar-refractivity contribution in [3.63, 3.8) is 0 Å². The van der Waals surface area contributed by atoms with E-state index in [1.54, 1.807) is 43.5 Å². The molecule has 5 nitrogen and oxygen atoms in total. The Kier molecular flexibility index (Phi) is 9.80. The Labute approximate surface area is 234 Å². The predicted molar refractivity (Wildman–Crippen MR) is 154 cm³/mol. The van der Waals surface area contributed by atoms with Gasteiger partial charge in [-0.3, -0.25) is 0 Å². The summed E-state index contributed by atoms with van der Waals surface area (Å²) in [4.78, 5) is 0. The van der Waals surface area contributed by atoms with Crippen LogP contribution < -0.4 is 15.4 Å². The second-order valence-corrected chi connectivity index (χ2v) is 9.98. The van der Waals surface area contributed by atoms with E-state index in [-0.39, 0.29) is 6.54 Å². The monoisotopic (exact) mass is 550 g/mol. The quantitative estimate of drug-likeness (QED) is 0.178. The van der Waals surface area contributed by atoms with Crippen molar-refractivity contribution < 1.29 is 14.9 Å². The van der Waals surface area contributed by atoms with Crippen molar-refractivity contribution in [3.8, 4) is 5.75 Å². The standard InChI is InChI=1S/C31H32Cl2N2O3/c1-38-25-13-15-27(29(33)17-25)31(37,21-35-19-23-10-6-3-7-11-23)26-14-12-24(16-28(26)32)30(36)20-34-18-22-8-4-2-5-9-22/h2-17,30,34-37H,18-21H2,1H3. The first-order valence-corrected chi connectivity index (χ1v) is 13.2. The lowest BCUT2D eigenvalue weighted by Crippen LogP contribution is -2.39. The molecule has 0 amide bonds. The highest BCUT2D eigenvalue weighted by molar-refractivity contribution is 6.32. The molecule has 0 heterocycles. The summed E-state index contributed by atoms with van der Waals surface area (Å²) in [5, 5.41) is 30.2. The molecule has 4 aromatic carbocycles. The predicted octanol–water partition coefficient (Wildman–Crippen LogP) is 5.85. The molecular weight excluding hydrogens is 519 g/mol. The second kappa shape index (κ2) is 13.3. The number of halogens is 2. The molecule has 2 atom stereocenters. The number of ether oxygens (including phenoxy) is 1. The lowest BCUT2D eigenvalue weighted by atomic mass is 9.85. The third kappa shape index (κ3) is 6.94. The highest BCUT2D eigenvalue weighted by atomic mass is 35.5. The number of aliphatic hydroxyl groups excluding tert-OH is 1. The van der Waals surface area contributed by atoms with E-state index in [4.69, 9.17) is 27.9 Å². The molecule has 2 unspecified atom stereocenters. The van der Waals surface area contributed by atoms with Crippen molar-refractivity contribution in [3.05, 3.63) is 135 Å². The second-order valence-electron chi connectivity index (χ2n) is 9.17. The van der Waals surface area contributed by atoms with Crippen LogP contribution in [0.1, 0.15) is 33.9 Å². The largest absolute Gasteiger partial charge is 0.497 e. The summed E-state index contributed by atoms with van der Waals surface area (Å²) in [5.41, 5.74) is 2.32. The van der Waals surface area contributed by atoms with Crippen LogP contribution >= 0.6 is 23.2 Å². The Morgan fingerprint density at radius 3 is 1.87 bits per heavy atom. The molecule has 4 N–H and O–H groups in total. The highest BCUT2D eigenvalue weighted by Crippen LogP contribution is 2.39. The fourth-order valence-electron chi connectivity index (χ4n) is 4.42. The van der Waals surface area contributed by atoms with Gasteiger partial charge in [0.2, 0.25) is 0 Å². The van der Waals surface area contributed by atoms with Crippen LogP contribution in [0.25, 0.3) is 0 Å². The van der Waals surface area contributed by atoms with Gasteiger partial charge in [0.25, 0.3) is 0 Å². The molecule has 0 saturated heterocycles. The first-order chi connectivity index (χ1) is 18.4. The molecule has 0 aliphatic heterocycles. The van der Waals surface area contributed by atoms with Gasteiger partial charge in [-0.25, -0.2) is 0 Å². The maximum atomic E-state index is 12.1. The molecule has 7 heteroatoms. The van der Waals surface area contributed by atoms with E-state index in [0.717, 1.165) is 11.1 Å². The van der Waals surface area contributed by atoms with Crippen molar-refractivity contribution >= 4 is 23.2 Å². The zero-order chi connectivity index (χ0) is 27.0. The maximum absolute atomic E-state index is 12.1. The van der Waals surface area contributed by atoms with E-state index in [1.165, 1.54) is 0 Å². The molecular formula is C31H32Cl2N2O3. The minimum Gasteiger partial charge on any atom is -0.497 e. The lowest BCUT2D eigenvalue weighted by molar-refractivity contribution is 0.0796. The fraction of sp³-hybridized carbons (Fsp3) is 0.226. The number of hydrogen-bond acceptors (Lipinski definition) is 5. The molecule has 198 valence electrons. The summed E-state index contributed by atoms with van der Waals surface area (Å²) in [7, 11) is 1.56. The summed E-state index contributed by atoms with van der Waals surface area (Å²) < 4.78 is 5.29. The fourth-order valence-corrected chi connectivity index (χ4v) is 5.09.